The van der Waals surface area contributed by atoms with Crippen molar-refractivity contribution >= 4 is 0 Å². The lowest BCUT2D eigenvalue weighted by molar-refractivity contribution is -0.339. The summed E-state index contributed by atoms with van der Waals surface area (Å²) >= 11 is 0. The quantitative estimate of drug-likeness (QED) is 0.228. The minimum Gasteiger partial charge on any atom is -0.394 e. The number of rotatable bonds is 2. The third kappa shape index (κ3) is 2.67. The molecule has 0 bridgehead atoms. The van der Waals surface area contributed by atoms with Crippen LogP contribution in [-0.2, 0) is 4.74 Å². The highest BCUT2D eigenvalue weighted by atomic mass is 16.6. The molecule has 0 aromatic carbocycles. The van der Waals surface area contributed by atoms with Crippen LogP contribution in [0.1, 0.15) is 0 Å². The van der Waals surface area contributed by atoms with Gasteiger partial charge >= 0.3 is 0 Å². The van der Waals surface area contributed by atoms with Gasteiger partial charge in [0.2, 0.25) is 0 Å². The molecule has 0 spiro atoms. The Balaban J connectivity index is 2.40. The van der Waals surface area contributed by atoms with E-state index >= 15 is 0 Å². The first-order valence-electron chi connectivity index (χ1n) is 7.02. The molecule has 11 atom stereocenters. The Morgan fingerprint density at radius 2 is 1.09 bits per heavy atom. The number of aliphatic hydroxyl groups excluding tert-OH is 9. The van der Waals surface area contributed by atoms with Crippen molar-refractivity contribution in [2.75, 3.05) is 6.61 Å². The van der Waals surface area contributed by atoms with Gasteiger partial charge in [-0.25, -0.2) is 0 Å². The molecular formula is C12H22O11. The van der Waals surface area contributed by atoms with Gasteiger partial charge in [-0.3, -0.25) is 0 Å². The Morgan fingerprint density at radius 1 is 0.652 bits per heavy atom. The van der Waals surface area contributed by atoms with Crippen LogP contribution in [0.3, 0.4) is 0 Å². The molecule has 0 aromatic rings. The van der Waals surface area contributed by atoms with Crippen LogP contribution in [0.15, 0.2) is 0 Å². The molecule has 0 radical (unpaired) electrons. The van der Waals surface area contributed by atoms with Crippen molar-refractivity contribution in [1.82, 2.24) is 0 Å². The van der Waals surface area contributed by atoms with Gasteiger partial charge in [0.05, 0.1) is 6.61 Å². The van der Waals surface area contributed by atoms with Gasteiger partial charge in [-0.2, -0.15) is 0 Å². The molecule has 11 nitrogen and oxygen atoms in total. The second-order valence-electron chi connectivity index (χ2n) is 6.00. The molecule has 11 heteroatoms. The van der Waals surface area contributed by atoms with E-state index in [1.54, 1.807) is 0 Å². The second kappa shape index (κ2) is 6.46. The average Bonchev–Trinajstić information content (AvgIpc) is 2.54. The van der Waals surface area contributed by atoms with Gasteiger partial charge < -0.3 is 55.8 Å². The van der Waals surface area contributed by atoms with Crippen molar-refractivity contribution < 1.29 is 55.8 Å². The van der Waals surface area contributed by atoms with Crippen LogP contribution in [-0.4, -0.2) is 124 Å². The monoisotopic (exact) mass is 342 g/mol. The van der Waals surface area contributed by atoms with Crippen LogP contribution >= 0.6 is 0 Å². The summed E-state index contributed by atoms with van der Waals surface area (Å²) in [6, 6.07) is 0. The van der Waals surface area contributed by atoms with Crippen molar-refractivity contribution in [3.8, 4) is 0 Å². The van der Waals surface area contributed by atoms with E-state index in [9.17, 15) is 46.0 Å². The normalized spacial score (nSPS) is 58.2. The van der Waals surface area contributed by atoms with Gasteiger partial charge in [0.15, 0.2) is 5.60 Å². The molecule has 2 aliphatic rings. The maximum absolute atomic E-state index is 10.6. The Kier molecular flexibility index (Phi) is 5.31. The largest absolute Gasteiger partial charge is 0.394 e. The third-order valence-electron chi connectivity index (χ3n) is 4.64. The Hall–Kier alpha value is -0.440. The minimum absolute atomic E-state index is 0.822. The maximum Gasteiger partial charge on any atom is 0.150 e. The molecular weight excluding hydrogens is 320 g/mol. The van der Waals surface area contributed by atoms with Crippen molar-refractivity contribution in [1.29, 1.82) is 0 Å². The van der Waals surface area contributed by atoms with Crippen LogP contribution in [0, 0.1) is 0 Å². The molecule has 1 aliphatic carbocycles. The van der Waals surface area contributed by atoms with E-state index in [0.29, 0.717) is 0 Å². The zero-order valence-corrected chi connectivity index (χ0v) is 11.9. The topological polar surface area (TPSA) is 212 Å². The Labute approximate surface area is 130 Å². The summed E-state index contributed by atoms with van der Waals surface area (Å²) in [5, 5.41) is 98.0. The predicted octanol–water partition coefficient (Wildman–Crippen LogP) is -6.62. The third-order valence-corrected chi connectivity index (χ3v) is 4.64. The van der Waals surface area contributed by atoms with Crippen LogP contribution < -0.4 is 0 Å². The van der Waals surface area contributed by atoms with E-state index in [2.05, 4.69) is 0 Å². The van der Waals surface area contributed by atoms with Gasteiger partial charge in [-0.1, -0.05) is 0 Å². The highest BCUT2D eigenvalue weighted by molar-refractivity contribution is 5.15. The van der Waals surface area contributed by atoms with E-state index in [4.69, 9.17) is 9.84 Å². The van der Waals surface area contributed by atoms with Crippen LogP contribution in [0.4, 0.5) is 0 Å². The van der Waals surface area contributed by atoms with Crippen LogP contribution in [0.25, 0.3) is 0 Å². The molecule has 0 unspecified atom stereocenters. The fourth-order valence-corrected chi connectivity index (χ4v) is 3.12. The number of hydrogen-bond acceptors (Lipinski definition) is 11. The van der Waals surface area contributed by atoms with E-state index in [1.165, 1.54) is 0 Å². The maximum atomic E-state index is 10.6. The summed E-state index contributed by atoms with van der Waals surface area (Å²) in [6.45, 7) is -0.822. The SMILES string of the molecule is OC[C@H]1O[C@H]([C@@]2(O)[C@@H](O)[C@H](O)[C@@H](O)[C@H](O)[C@@H]2O)[C@H](O)[C@@H](O)[C@H]1O. The Morgan fingerprint density at radius 3 is 1.52 bits per heavy atom. The first kappa shape index (κ1) is 18.9. The molecule has 10 N–H and O–H groups in total. The summed E-state index contributed by atoms with van der Waals surface area (Å²) in [5.74, 6) is 0. The van der Waals surface area contributed by atoms with E-state index in [-0.39, 0.29) is 0 Å². The molecule has 2 rings (SSSR count). The summed E-state index contributed by atoms with van der Waals surface area (Å²) in [4.78, 5) is 0. The highest BCUT2D eigenvalue weighted by Gasteiger charge is 2.65. The van der Waals surface area contributed by atoms with Gasteiger partial charge in [-0.15, -0.1) is 0 Å². The van der Waals surface area contributed by atoms with E-state index in [1.807, 2.05) is 0 Å². The van der Waals surface area contributed by atoms with Gasteiger partial charge in [0.1, 0.15) is 61.0 Å². The fraction of sp³-hybridized carbons (Fsp3) is 1.00. The van der Waals surface area contributed by atoms with E-state index in [0.717, 1.165) is 0 Å². The molecule has 0 aromatic heterocycles. The zero-order valence-electron chi connectivity index (χ0n) is 11.9. The molecule has 2 fully saturated rings. The Bertz CT molecular complexity index is 402. The van der Waals surface area contributed by atoms with E-state index < -0.39 is 73.2 Å². The van der Waals surface area contributed by atoms with Gasteiger partial charge in [-0.05, 0) is 0 Å². The molecule has 1 aliphatic heterocycles. The average molecular weight is 342 g/mol. The molecule has 0 amide bonds. The fourth-order valence-electron chi connectivity index (χ4n) is 3.12. The predicted molar refractivity (Wildman–Crippen MR) is 68.8 cm³/mol. The molecule has 1 saturated carbocycles. The number of aliphatic hydroxyl groups is 10. The lowest BCUT2D eigenvalue weighted by Crippen LogP contribution is -2.79. The lowest BCUT2D eigenvalue weighted by atomic mass is 9.69. The molecule has 136 valence electrons. The van der Waals surface area contributed by atoms with Crippen molar-refractivity contribution in [2.45, 2.75) is 66.6 Å². The van der Waals surface area contributed by atoms with Gasteiger partial charge in [0, 0.05) is 0 Å². The number of hydrogen-bond donors (Lipinski definition) is 10. The number of ether oxygens (including phenoxy) is 1. The lowest BCUT2D eigenvalue weighted by Gasteiger charge is -2.54. The summed E-state index contributed by atoms with van der Waals surface area (Å²) < 4.78 is 5.06. The first-order chi connectivity index (χ1) is 10.6. The zero-order chi connectivity index (χ0) is 17.7. The van der Waals surface area contributed by atoms with Gasteiger partial charge in [0.25, 0.3) is 0 Å². The summed E-state index contributed by atoms with van der Waals surface area (Å²) in [6.07, 6.45) is -19.8. The van der Waals surface area contributed by atoms with Crippen molar-refractivity contribution in [3.05, 3.63) is 0 Å². The first-order valence-corrected chi connectivity index (χ1v) is 7.02. The smallest absolute Gasteiger partial charge is 0.150 e. The standard InChI is InChI=1S/C12H22O11/c13-1-2-3(14)4(15)8(19)11(23-2)12(22)9(20)6(17)5(16)7(18)10(12)21/h2-11,13-22H,1H2/t2-,3+,4+,5-,6-,7+,8-,9+,10+,11+,12-/m1/s1. The summed E-state index contributed by atoms with van der Waals surface area (Å²) in [5.41, 5.74) is -2.90. The highest BCUT2D eigenvalue weighted by Crippen LogP contribution is 2.38. The second-order valence-corrected chi connectivity index (χ2v) is 6.00. The molecule has 1 saturated heterocycles. The van der Waals surface area contributed by atoms with Crippen LogP contribution in [0.5, 0.6) is 0 Å². The minimum atomic E-state index is -2.90. The van der Waals surface area contributed by atoms with Crippen LogP contribution in [0.2, 0.25) is 0 Å². The molecule has 23 heavy (non-hydrogen) atoms. The summed E-state index contributed by atoms with van der Waals surface area (Å²) in [7, 11) is 0. The molecule has 1 heterocycles. The van der Waals surface area contributed by atoms with Crippen molar-refractivity contribution in [2.24, 2.45) is 0 Å². The van der Waals surface area contributed by atoms with Crippen molar-refractivity contribution in [3.63, 3.8) is 0 Å².